The lowest BCUT2D eigenvalue weighted by molar-refractivity contribution is -0.165. The summed E-state index contributed by atoms with van der Waals surface area (Å²) in [5, 5.41) is 0. The summed E-state index contributed by atoms with van der Waals surface area (Å²) in [7, 11) is 0. The molecule has 18 heavy (non-hydrogen) atoms. The molecule has 1 rings (SSSR count). The van der Waals surface area contributed by atoms with Crippen molar-refractivity contribution in [3.8, 4) is 0 Å². The summed E-state index contributed by atoms with van der Waals surface area (Å²) in [4.78, 5) is 23.9. The maximum atomic E-state index is 11.9. The SMILES string of the molecule is CCOC(=O)C(C(=O)OCC)[C@H]1CCC[C@H](C)C1. The van der Waals surface area contributed by atoms with Gasteiger partial charge in [-0.15, -0.1) is 0 Å². The molecule has 1 fully saturated rings. The highest BCUT2D eigenvalue weighted by Crippen LogP contribution is 2.34. The van der Waals surface area contributed by atoms with Gasteiger partial charge in [0.25, 0.3) is 0 Å². The smallest absolute Gasteiger partial charge is 0.320 e. The summed E-state index contributed by atoms with van der Waals surface area (Å²) in [6.07, 6.45) is 4.06. The van der Waals surface area contributed by atoms with Crippen LogP contribution in [0.2, 0.25) is 0 Å². The van der Waals surface area contributed by atoms with Crippen molar-refractivity contribution in [2.24, 2.45) is 17.8 Å². The molecule has 0 amide bonds. The minimum Gasteiger partial charge on any atom is -0.465 e. The summed E-state index contributed by atoms with van der Waals surface area (Å²) in [5.41, 5.74) is 0. The zero-order valence-corrected chi connectivity index (χ0v) is 11.6. The van der Waals surface area contributed by atoms with Gasteiger partial charge >= 0.3 is 11.9 Å². The Morgan fingerprint density at radius 2 is 1.67 bits per heavy atom. The molecule has 0 saturated heterocycles. The van der Waals surface area contributed by atoms with Gasteiger partial charge in [-0.3, -0.25) is 9.59 Å². The van der Waals surface area contributed by atoms with E-state index in [-0.39, 0.29) is 5.92 Å². The highest BCUT2D eigenvalue weighted by molar-refractivity contribution is 5.95. The van der Waals surface area contributed by atoms with Gasteiger partial charge in [0.2, 0.25) is 0 Å². The van der Waals surface area contributed by atoms with E-state index < -0.39 is 17.9 Å². The molecule has 0 aromatic heterocycles. The summed E-state index contributed by atoms with van der Waals surface area (Å²) in [6, 6.07) is 0. The van der Waals surface area contributed by atoms with Crippen LogP contribution in [0.5, 0.6) is 0 Å². The Labute approximate surface area is 109 Å². The number of carbonyl (C=O) groups is 2. The molecule has 0 unspecified atom stereocenters. The fraction of sp³-hybridized carbons (Fsp3) is 0.857. The first kappa shape index (κ1) is 15.0. The van der Waals surface area contributed by atoms with Gasteiger partial charge < -0.3 is 9.47 Å². The number of rotatable bonds is 5. The van der Waals surface area contributed by atoms with Gasteiger partial charge in [-0.05, 0) is 38.5 Å². The van der Waals surface area contributed by atoms with Crippen molar-refractivity contribution in [1.29, 1.82) is 0 Å². The van der Waals surface area contributed by atoms with Crippen LogP contribution in [0.3, 0.4) is 0 Å². The lowest BCUT2D eigenvalue weighted by Crippen LogP contribution is -2.36. The topological polar surface area (TPSA) is 52.6 Å². The van der Waals surface area contributed by atoms with E-state index in [2.05, 4.69) is 6.92 Å². The van der Waals surface area contributed by atoms with Crippen LogP contribution in [0.15, 0.2) is 0 Å². The Kier molecular flexibility index (Phi) is 6.16. The second-order valence-corrected chi connectivity index (χ2v) is 5.01. The van der Waals surface area contributed by atoms with Gasteiger partial charge in [-0.25, -0.2) is 0 Å². The predicted octanol–water partition coefficient (Wildman–Crippen LogP) is 2.56. The molecule has 0 aromatic carbocycles. The molecule has 1 saturated carbocycles. The van der Waals surface area contributed by atoms with E-state index in [0.29, 0.717) is 19.1 Å². The molecule has 0 radical (unpaired) electrons. The molecular weight excluding hydrogens is 232 g/mol. The Morgan fingerprint density at radius 1 is 1.11 bits per heavy atom. The van der Waals surface area contributed by atoms with Crippen molar-refractivity contribution in [3.05, 3.63) is 0 Å². The van der Waals surface area contributed by atoms with Crippen molar-refractivity contribution in [2.75, 3.05) is 13.2 Å². The van der Waals surface area contributed by atoms with Crippen molar-refractivity contribution in [2.45, 2.75) is 46.5 Å². The second kappa shape index (κ2) is 7.39. The molecule has 1 aliphatic rings. The molecule has 104 valence electrons. The maximum Gasteiger partial charge on any atom is 0.320 e. The van der Waals surface area contributed by atoms with Crippen LogP contribution in [-0.4, -0.2) is 25.2 Å². The first-order valence-corrected chi connectivity index (χ1v) is 6.93. The Hall–Kier alpha value is -1.06. The van der Waals surface area contributed by atoms with E-state index in [1.165, 1.54) is 6.42 Å². The first-order valence-electron chi connectivity index (χ1n) is 6.93. The van der Waals surface area contributed by atoms with E-state index in [9.17, 15) is 9.59 Å². The third kappa shape index (κ3) is 4.00. The monoisotopic (exact) mass is 256 g/mol. The van der Waals surface area contributed by atoms with Gasteiger partial charge in [0.1, 0.15) is 0 Å². The lowest BCUT2D eigenvalue weighted by Gasteiger charge is -2.30. The third-order valence-corrected chi connectivity index (χ3v) is 3.53. The third-order valence-electron chi connectivity index (χ3n) is 3.53. The van der Waals surface area contributed by atoms with E-state index in [1.54, 1.807) is 13.8 Å². The Bertz CT molecular complexity index is 270. The Balaban J connectivity index is 2.75. The van der Waals surface area contributed by atoms with Crippen molar-refractivity contribution >= 4 is 11.9 Å². The maximum absolute atomic E-state index is 11.9. The molecule has 0 heterocycles. The van der Waals surface area contributed by atoms with E-state index in [0.717, 1.165) is 19.3 Å². The average Bonchev–Trinajstić information content (AvgIpc) is 2.30. The quantitative estimate of drug-likeness (QED) is 0.560. The molecular formula is C14H24O4. The standard InChI is InChI=1S/C14H24O4/c1-4-17-13(15)12(14(16)18-5-2)11-8-6-7-10(3)9-11/h10-12H,4-9H2,1-3H3/t10-,11-/m0/s1. The highest BCUT2D eigenvalue weighted by Gasteiger charge is 2.39. The fourth-order valence-electron chi connectivity index (χ4n) is 2.73. The van der Waals surface area contributed by atoms with Crippen LogP contribution in [0.1, 0.15) is 46.5 Å². The van der Waals surface area contributed by atoms with Crippen molar-refractivity contribution in [1.82, 2.24) is 0 Å². The second-order valence-electron chi connectivity index (χ2n) is 5.01. The number of hydrogen-bond acceptors (Lipinski definition) is 4. The van der Waals surface area contributed by atoms with Gasteiger partial charge in [0.15, 0.2) is 5.92 Å². The van der Waals surface area contributed by atoms with Crippen LogP contribution in [-0.2, 0) is 19.1 Å². The average molecular weight is 256 g/mol. The first-order chi connectivity index (χ1) is 8.60. The minimum atomic E-state index is -0.729. The number of hydrogen-bond donors (Lipinski definition) is 0. The zero-order chi connectivity index (χ0) is 13.5. The fourth-order valence-corrected chi connectivity index (χ4v) is 2.73. The molecule has 4 nitrogen and oxygen atoms in total. The molecule has 0 N–H and O–H groups in total. The van der Waals surface area contributed by atoms with Gasteiger partial charge in [-0.2, -0.15) is 0 Å². The molecule has 1 aliphatic carbocycles. The molecule has 0 spiro atoms. The summed E-state index contributed by atoms with van der Waals surface area (Å²) < 4.78 is 10.0. The molecule has 0 aromatic rings. The van der Waals surface area contributed by atoms with Crippen LogP contribution in [0, 0.1) is 17.8 Å². The molecule has 4 heteroatoms. The zero-order valence-electron chi connectivity index (χ0n) is 11.6. The van der Waals surface area contributed by atoms with Crippen LogP contribution in [0.25, 0.3) is 0 Å². The van der Waals surface area contributed by atoms with Crippen LogP contribution < -0.4 is 0 Å². The summed E-state index contributed by atoms with van der Waals surface area (Å²) in [5.74, 6) is -0.931. The lowest BCUT2D eigenvalue weighted by atomic mass is 9.75. The van der Waals surface area contributed by atoms with Crippen molar-refractivity contribution in [3.63, 3.8) is 0 Å². The largest absolute Gasteiger partial charge is 0.465 e. The number of ether oxygens (including phenoxy) is 2. The highest BCUT2D eigenvalue weighted by atomic mass is 16.6. The molecule has 0 aliphatic heterocycles. The normalized spacial score (nSPS) is 23.8. The van der Waals surface area contributed by atoms with Gasteiger partial charge in [-0.1, -0.05) is 19.8 Å². The van der Waals surface area contributed by atoms with Crippen molar-refractivity contribution < 1.29 is 19.1 Å². The van der Waals surface area contributed by atoms with Crippen LogP contribution in [0.4, 0.5) is 0 Å². The van der Waals surface area contributed by atoms with E-state index >= 15 is 0 Å². The minimum absolute atomic E-state index is 0.0758. The van der Waals surface area contributed by atoms with E-state index in [4.69, 9.17) is 9.47 Å². The summed E-state index contributed by atoms with van der Waals surface area (Å²) in [6.45, 7) is 6.28. The predicted molar refractivity (Wildman–Crippen MR) is 67.9 cm³/mol. The Morgan fingerprint density at radius 3 is 2.11 bits per heavy atom. The molecule has 0 bridgehead atoms. The summed E-state index contributed by atoms with van der Waals surface area (Å²) >= 11 is 0. The van der Waals surface area contributed by atoms with Crippen LogP contribution >= 0.6 is 0 Å². The van der Waals surface area contributed by atoms with Gasteiger partial charge in [0, 0.05) is 0 Å². The van der Waals surface area contributed by atoms with E-state index in [1.807, 2.05) is 0 Å². The number of esters is 2. The molecule has 2 atom stereocenters. The number of carbonyl (C=O) groups excluding carboxylic acids is 2. The van der Waals surface area contributed by atoms with Gasteiger partial charge in [0.05, 0.1) is 13.2 Å².